The fourth-order valence-corrected chi connectivity index (χ4v) is 3.98. The van der Waals surface area contributed by atoms with E-state index in [1.807, 2.05) is 24.3 Å². The number of nitrogens with zero attached hydrogens (tertiary/aromatic N) is 1. The summed E-state index contributed by atoms with van der Waals surface area (Å²) in [5.41, 5.74) is 2.01. The summed E-state index contributed by atoms with van der Waals surface area (Å²) in [6.45, 7) is 3.22. The van der Waals surface area contributed by atoms with Crippen LogP contribution in [-0.2, 0) is 16.0 Å². The molecule has 0 spiro atoms. The summed E-state index contributed by atoms with van der Waals surface area (Å²) < 4.78 is 10.8. The van der Waals surface area contributed by atoms with Crippen molar-refractivity contribution in [2.75, 3.05) is 25.0 Å². The first-order chi connectivity index (χ1) is 15.5. The number of benzene rings is 2. The first-order valence-corrected chi connectivity index (χ1v) is 10.9. The number of rotatable bonds is 5. The number of fused-ring (bicyclic) bond motifs is 1. The quantitative estimate of drug-likeness (QED) is 0.750. The van der Waals surface area contributed by atoms with E-state index in [4.69, 9.17) is 9.47 Å². The summed E-state index contributed by atoms with van der Waals surface area (Å²) in [5.74, 6) is 0.278. The second-order valence-corrected chi connectivity index (χ2v) is 7.92. The molecule has 2 aromatic rings. The van der Waals surface area contributed by atoms with E-state index in [2.05, 4.69) is 10.6 Å². The minimum absolute atomic E-state index is 0.0168. The molecule has 0 saturated carbocycles. The number of carbonyl (C=O) groups is 3. The summed E-state index contributed by atoms with van der Waals surface area (Å²) in [7, 11) is 0. The molecule has 2 aromatic carbocycles. The molecule has 1 fully saturated rings. The summed E-state index contributed by atoms with van der Waals surface area (Å²) >= 11 is 0. The molecule has 2 aliphatic heterocycles. The van der Waals surface area contributed by atoms with Gasteiger partial charge in [0.1, 0.15) is 5.75 Å². The van der Waals surface area contributed by atoms with E-state index in [0.29, 0.717) is 50.2 Å². The molecule has 4 rings (SSSR count). The highest BCUT2D eigenvalue weighted by Crippen LogP contribution is 2.28. The summed E-state index contributed by atoms with van der Waals surface area (Å²) in [5, 5.41) is 5.86. The monoisotopic (exact) mass is 437 g/mol. The highest BCUT2D eigenvalue weighted by molar-refractivity contribution is 5.98. The van der Waals surface area contributed by atoms with Gasteiger partial charge in [-0.1, -0.05) is 24.3 Å². The van der Waals surface area contributed by atoms with Crippen LogP contribution >= 0.6 is 0 Å². The average Bonchev–Trinajstić information content (AvgIpc) is 3.24. The van der Waals surface area contributed by atoms with E-state index < -0.39 is 6.10 Å². The van der Waals surface area contributed by atoms with Crippen molar-refractivity contribution in [3.8, 4) is 5.75 Å². The highest BCUT2D eigenvalue weighted by Gasteiger charge is 2.29. The molecule has 0 aliphatic carbocycles. The number of anilines is 1. The van der Waals surface area contributed by atoms with Crippen LogP contribution in [0.5, 0.6) is 5.75 Å². The van der Waals surface area contributed by atoms with Gasteiger partial charge in [-0.25, -0.2) is 4.79 Å². The van der Waals surface area contributed by atoms with Gasteiger partial charge in [0.2, 0.25) is 0 Å². The first kappa shape index (κ1) is 21.7. The summed E-state index contributed by atoms with van der Waals surface area (Å²) in [6.07, 6.45) is 0.956. The lowest BCUT2D eigenvalue weighted by atomic mass is 10.0. The van der Waals surface area contributed by atoms with Crippen LogP contribution in [0.3, 0.4) is 0 Å². The standard InChI is InChI=1S/C24H27N3O5/c1-2-31-24(30)27-12-10-18(11-13-27)25-22(28)17-7-5-8-19(14-17)26-23(29)21-15-16-6-3-4-9-20(16)32-21/h3-9,14,18,21H,2,10-13,15H2,1H3,(H,25,28)(H,26,29). The van der Waals surface area contributed by atoms with Crippen LogP contribution < -0.4 is 15.4 Å². The van der Waals surface area contributed by atoms with Crippen molar-refractivity contribution in [2.24, 2.45) is 0 Å². The number of piperidine rings is 1. The molecular weight excluding hydrogens is 410 g/mol. The smallest absolute Gasteiger partial charge is 0.409 e. The van der Waals surface area contributed by atoms with Gasteiger partial charge in [-0.15, -0.1) is 0 Å². The van der Waals surface area contributed by atoms with Gasteiger partial charge in [-0.3, -0.25) is 9.59 Å². The Morgan fingerprint density at radius 3 is 2.62 bits per heavy atom. The molecule has 1 saturated heterocycles. The lowest BCUT2D eigenvalue weighted by Crippen LogP contribution is -2.46. The van der Waals surface area contributed by atoms with Crippen LogP contribution in [-0.4, -0.2) is 54.6 Å². The Labute approximate surface area is 186 Å². The third kappa shape index (κ3) is 5.01. The number of para-hydroxylation sites is 1. The van der Waals surface area contributed by atoms with Crippen molar-refractivity contribution in [3.05, 3.63) is 59.7 Å². The van der Waals surface area contributed by atoms with Gasteiger partial charge in [0, 0.05) is 36.8 Å². The topological polar surface area (TPSA) is 97.0 Å². The third-order valence-electron chi connectivity index (χ3n) is 5.69. The Kier molecular flexibility index (Phi) is 6.58. The van der Waals surface area contributed by atoms with E-state index in [0.717, 1.165) is 11.3 Å². The highest BCUT2D eigenvalue weighted by atomic mass is 16.6. The van der Waals surface area contributed by atoms with Crippen molar-refractivity contribution < 1.29 is 23.9 Å². The van der Waals surface area contributed by atoms with E-state index >= 15 is 0 Å². The Balaban J connectivity index is 1.30. The van der Waals surface area contributed by atoms with Gasteiger partial charge in [0.15, 0.2) is 6.10 Å². The first-order valence-electron chi connectivity index (χ1n) is 10.9. The predicted molar refractivity (Wildman–Crippen MR) is 119 cm³/mol. The maximum atomic E-state index is 12.7. The normalized spacial score (nSPS) is 17.8. The Hall–Kier alpha value is -3.55. The number of ether oxygens (including phenoxy) is 2. The average molecular weight is 437 g/mol. The summed E-state index contributed by atoms with van der Waals surface area (Å²) in [6, 6.07) is 14.4. The van der Waals surface area contributed by atoms with Crippen LogP contribution in [0, 0.1) is 0 Å². The van der Waals surface area contributed by atoms with Crippen molar-refractivity contribution in [1.82, 2.24) is 10.2 Å². The van der Waals surface area contributed by atoms with Crippen LogP contribution in [0.1, 0.15) is 35.7 Å². The lowest BCUT2D eigenvalue weighted by molar-refractivity contribution is -0.122. The second kappa shape index (κ2) is 9.72. The van der Waals surface area contributed by atoms with E-state index in [9.17, 15) is 14.4 Å². The minimum atomic E-state index is -0.588. The number of hydrogen-bond acceptors (Lipinski definition) is 5. The predicted octanol–water partition coefficient (Wildman–Crippen LogP) is 2.98. The fraction of sp³-hybridized carbons (Fsp3) is 0.375. The zero-order chi connectivity index (χ0) is 22.5. The zero-order valence-corrected chi connectivity index (χ0v) is 18.0. The van der Waals surface area contributed by atoms with Crippen LogP contribution in [0.15, 0.2) is 48.5 Å². The Morgan fingerprint density at radius 2 is 1.88 bits per heavy atom. The SMILES string of the molecule is CCOC(=O)N1CCC(NC(=O)c2cccc(NC(=O)C3Cc4ccccc4O3)c2)CC1. The molecular formula is C24H27N3O5. The van der Waals surface area contributed by atoms with Crippen molar-refractivity contribution in [1.29, 1.82) is 0 Å². The molecule has 8 nitrogen and oxygen atoms in total. The van der Waals surface area contributed by atoms with Gasteiger partial charge in [-0.05, 0) is 49.6 Å². The van der Waals surface area contributed by atoms with E-state index in [1.165, 1.54) is 0 Å². The Morgan fingerprint density at radius 1 is 1.09 bits per heavy atom. The number of amides is 3. The molecule has 2 N–H and O–H groups in total. The molecule has 0 radical (unpaired) electrons. The molecule has 1 unspecified atom stereocenters. The van der Waals surface area contributed by atoms with Crippen LogP contribution in [0.25, 0.3) is 0 Å². The lowest BCUT2D eigenvalue weighted by Gasteiger charge is -2.31. The van der Waals surface area contributed by atoms with Gasteiger partial charge in [0.05, 0.1) is 6.61 Å². The van der Waals surface area contributed by atoms with Crippen molar-refractivity contribution in [2.45, 2.75) is 38.3 Å². The fourth-order valence-electron chi connectivity index (χ4n) is 3.98. The van der Waals surface area contributed by atoms with Gasteiger partial charge in [0.25, 0.3) is 11.8 Å². The van der Waals surface area contributed by atoms with Crippen LogP contribution in [0.4, 0.5) is 10.5 Å². The third-order valence-corrected chi connectivity index (χ3v) is 5.69. The summed E-state index contributed by atoms with van der Waals surface area (Å²) in [4.78, 5) is 38.8. The number of carbonyl (C=O) groups excluding carboxylic acids is 3. The molecule has 168 valence electrons. The van der Waals surface area contributed by atoms with Crippen molar-refractivity contribution in [3.63, 3.8) is 0 Å². The minimum Gasteiger partial charge on any atom is -0.480 e. The number of nitrogens with one attached hydrogen (secondary N) is 2. The van der Waals surface area contributed by atoms with Crippen LogP contribution in [0.2, 0.25) is 0 Å². The van der Waals surface area contributed by atoms with Gasteiger partial charge < -0.3 is 25.0 Å². The molecule has 1 atom stereocenters. The van der Waals surface area contributed by atoms with Gasteiger partial charge >= 0.3 is 6.09 Å². The maximum absolute atomic E-state index is 12.7. The maximum Gasteiger partial charge on any atom is 0.409 e. The molecule has 2 heterocycles. The molecule has 8 heteroatoms. The molecule has 32 heavy (non-hydrogen) atoms. The largest absolute Gasteiger partial charge is 0.480 e. The molecule has 0 bridgehead atoms. The van der Waals surface area contributed by atoms with Crippen molar-refractivity contribution >= 4 is 23.6 Å². The number of hydrogen-bond donors (Lipinski definition) is 2. The molecule has 2 aliphatic rings. The van der Waals surface area contributed by atoms with E-state index in [1.54, 1.807) is 36.1 Å². The number of likely N-dealkylation sites (tertiary alicyclic amines) is 1. The Bertz CT molecular complexity index is 976. The molecule has 3 amide bonds. The van der Waals surface area contributed by atoms with E-state index in [-0.39, 0.29) is 23.9 Å². The molecule has 0 aromatic heterocycles. The van der Waals surface area contributed by atoms with Gasteiger partial charge in [-0.2, -0.15) is 0 Å². The zero-order valence-electron chi connectivity index (χ0n) is 18.0. The second-order valence-electron chi connectivity index (χ2n) is 7.92.